The minimum atomic E-state index is -0.478. The molecule has 0 heterocycles. The monoisotopic (exact) mass is 291 g/mol. The van der Waals surface area contributed by atoms with Crippen molar-refractivity contribution >= 4 is 23.4 Å². The van der Waals surface area contributed by atoms with E-state index in [-0.39, 0.29) is 5.56 Å². The van der Waals surface area contributed by atoms with Crippen LogP contribution in [-0.2, 0) is 0 Å². The molecule has 20 heavy (non-hydrogen) atoms. The molecule has 0 saturated heterocycles. The van der Waals surface area contributed by atoms with E-state index in [1.165, 1.54) is 19.2 Å². The Bertz CT molecular complexity index is 631. The maximum absolute atomic E-state index is 13.3. The highest BCUT2D eigenvalue weighted by Crippen LogP contribution is 2.23. The molecule has 0 spiro atoms. The second-order valence-electron chi connectivity index (χ2n) is 4.03. The van der Waals surface area contributed by atoms with Crippen LogP contribution in [0, 0.1) is 5.82 Å². The molecule has 0 aromatic heterocycles. The Morgan fingerprint density at radius 2 is 2.05 bits per heavy atom. The molecule has 0 radical (unpaired) electrons. The first kappa shape index (κ1) is 14.4. The van der Waals surface area contributed by atoms with Crippen LogP contribution in [-0.4, -0.2) is 19.3 Å². The first-order chi connectivity index (χ1) is 9.63. The van der Waals surface area contributed by atoms with Gasteiger partial charge >= 0.3 is 0 Å². The average Bonchev–Trinajstić information content (AvgIpc) is 2.47. The number of benzene rings is 2. The van der Waals surface area contributed by atoms with Crippen LogP contribution in [0.4, 0.5) is 10.1 Å². The quantitative estimate of drug-likeness (QED) is 0.871. The first-order valence-corrected chi connectivity index (χ1v) is 7.15. The Morgan fingerprint density at radius 1 is 1.25 bits per heavy atom. The summed E-state index contributed by atoms with van der Waals surface area (Å²) in [5, 5.41) is 2.74. The molecule has 0 aliphatic rings. The first-order valence-electron chi connectivity index (χ1n) is 5.93. The maximum Gasteiger partial charge on any atom is 0.259 e. The highest BCUT2D eigenvalue weighted by atomic mass is 32.2. The summed E-state index contributed by atoms with van der Waals surface area (Å²) in [7, 11) is 1.44. The molecule has 5 heteroatoms. The highest BCUT2D eigenvalue weighted by Gasteiger charge is 2.13. The predicted octanol–water partition coefficient (Wildman–Crippen LogP) is 3.81. The van der Waals surface area contributed by atoms with Crippen molar-refractivity contribution in [3.8, 4) is 5.75 Å². The minimum Gasteiger partial charge on any atom is -0.496 e. The molecule has 0 bridgehead atoms. The van der Waals surface area contributed by atoms with Gasteiger partial charge in [-0.2, -0.15) is 0 Å². The van der Waals surface area contributed by atoms with E-state index in [1.54, 1.807) is 17.8 Å². The number of anilines is 1. The van der Waals surface area contributed by atoms with E-state index in [2.05, 4.69) is 5.32 Å². The standard InChI is InChI=1S/C15H14FNO2S/c1-19-14-7-6-10(16)8-13(14)15(18)17-11-4-3-5-12(9-11)20-2/h3-9H,1-2H3,(H,17,18). The van der Waals surface area contributed by atoms with Gasteiger partial charge in [0.15, 0.2) is 0 Å². The van der Waals surface area contributed by atoms with Crippen LogP contribution in [0.3, 0.4) is 0 Å². The van der Waals surface area contributed by atoms with Gasteiger partial charge in [-0.05, 0) is 42.7 Å². The van der Waals surface area contributed by atoms with Crippen LogP contribution >= 0.6 is 11.8 Å². The van der Waals surface area contributed by atoms with Crippen molar-refractivity contribution in [1.82, 2.24) is 0 Å². The lowest BCUT2D eigenvalue weighted by atomic mass is 10.1. The van der Waals surface area contributed by atoms with Gasteiger partial charge in [0.25, 0.3) is 5.91 Å². The van der Waals surface area contributed by atoms with E-state index >= 15 is 0 Å². The summed E-state index contributed by atoms with van der Waals surface area (Å²) in [6.45, 7) is 0. The van der Waals surface area contributed by atoms with Crippen LogP contribution < -0.4 is 10.1 Å². The van der Waals surface area contributed by atoms with Crippen molar-refractivity contribution in [1.29, 1.82) is 0 Å². The maximum atomic E-state index is 13.3. The highest BCUT2D eigenvalue weighted by molar-refractivity contribution is 7.98. The van der Waals surface area contributed by atoms with Gasteiger partial charge in [-0.15, -0.1) is 11.8 Å². The fraction of sp³-hybridized carbons (Fsp3) is 0.133. The third kappa shape index (κ3) is 3.30. The predicted molar refractivity (Wildman–Crippen MR) is 79.1 cm³/mol. The van der Waals surface area contributed by atoms with Crippen molar-refractivity contribution in [3.63, 3.8) is 0 Å². The molecular formula is C15H14FNO2S. The summed E-state index contributed by atoms with van der Waals surface area (Å²) in [4.78, 5) is 13.2. The number of amides is 1. The number of halogens is 1. The molecule has 0 fully saturated rings. The molecule has 2 rings (SSSR count). The molecule has 0 aliphatic carbocycles. The zero-order valence-corrected chi connectivity index (χ0v) is 12.0. The summed E-state index contributed by atoms with van der Waals surface area (Å²) >= 11 is 1.58. The van der Waals surface area contributed by atoms with Gasteiger partial charge in [-0.1, -0.05) is 6.07 Å². The lowest BCUT2D eigenvalue weighted by molar-refractivity contribution is 0.102. The molecular weight excluding hydrogens is 277 g/mol. The Kier molecular flexibility index (Phi) is 4.63. The smallest absolute Gasteiger partial charge is 0.259 e. The fourth-order valence-corrected chi connectivity index (χ4v) is 2.22. The van der Waals surface area contributed by atoms with E-state index < -0.39 is 11.7 Å². The Labute approximate surface area is 121 Å². The third-order valence-corrected chi connectivity index (χ3v) is 3.46. The van der Waals surface area contributed by atoms with E-state index in [1.807, 2.05) is 24.5 Å². The van der Waals surface area contributed by atoms with Gasteiger partial charge < -0.3 is 10.1 Å². The fourth-order valence-electron chi connectivity index (χ4n) is 1.76. The van der Waals surface area contributed by atoms with Gasteiger partial charge in [-0.3, -0.25) is 4.79 Å². The van der Waals surface area contributed by atoms with Crippen LogP contribution in [0.15, 0.2) is 47.4 Å². The Morgan fingerprint density at radius 3 is 2.75 bits per heavy atom. The van der Waals surface area contributed by atoms with Crippen LogP contribution in [0.2, 0.25) is 0 Å². The number of thioether (sulfide) groups is 1. The number of hydrogen-bond acceptors (Lipinski definition) is 3. The number of hydrogen-bond donors (Lipinski definition) is 1. The summed E-state index contributed by atoms with van der Waals surface area (Å²) < 4.78 is 18.3. The molecule has 1 amide bonds. The molecule has 0 atom stereocenters. The number of ether oxygens (including phenoxy) is 1. The second-order valence-corrected chi connectivity index (χ2v) is 4.91. The Balaban J connectivity index is 2.25. The van der Waals surface area contributed by atoms with Gasteiger partial charge in [-0.25, -0.2) is 4.39 Å². The summed E-state index contributed by atoms with van der Waals surface area (Å²) in [5.41, 5.74) is 0.829. The number of rotatable bonds is 4. The lowest BCUT2D eigenvalue weighted by Gasteiger charge is -2.10. The molecule has 2 aromatic rings. The zero-order chi connectivity index (χ0) is 14.5. The molecule has 2 aromatic carbocycles. The molecule has 3 nitrogen and oxygen atoms in total. The molecule has 0 unspecified atom stereocenters. The number of nitrogens with one attached hydrogen (secondary N) is 1. The number of methoxy groups -OCH3 is 1. The average molecular weight is 291 g/mol. The van der Waals surface area contributed by atoms with E-state index in [9.17, 15) is 9.18 Å². The summed E-state index contributed by atoms with van der Waals surface area (Å²) in [6, 6.07) is 11.3. The van der Waals surface area contributed by atoms with E-state index in [0.717, 1.165) is 11.0 Å². The zero-order valence-electron chi connectivity index (χ0n) is 11.1. The molecule has 0 aliphatic heterocycles. The van der Waals surface area contributed by atoms with Crippen molar-refractivity contribution < 1.29 is 13.9 Å². The van der Waals surface area contributed by atoms with Crippen molar-refractivity contribution in [3.05, 3.63) is 53.8 Å². The molecule has 1 N–H and O–H groups in total. The van der Waals surface area contributed by atoms with Crippen LogP contribution in [0.5, 0.6) is 5.75 Å². The minimum absolute atomic E-state index is 0.169. The summed E-state index contributed by atoms with van der Waals surface area (Å²) in [6.07, 6.45) is 1.95. The molecule has 104 valence electrons. The van der Waals surface area contributed by atoms with Crippen LogP contribution in [0.1, 0.15) is 10.4 Å². The van der Waals surface area contributed by atoms with Gasteiger partial charge in [0.2, 0.25) is 0 Å². The van der Waals surface area contributed by atoms with E-state index in [0.29, 0.717) is 11.4 Å². The molecule has 0 saturated carbocycles. The van der Waals surface area contributed by atoms with Gasteiger partial charge in [0.05, 0.1) is 12.7 Å². The normalized spacial score (nSPS) is 10.2. The van der Waals surface area contributed by atoms with Gasteiger partial charge in [0, 0.05) is 10.6 Å². The third-order valence-electron chi connectivity index (χ3n) is 2.73. The number of carbonyl (C=O) groups excluding carboxylic acids is 1. The van der Waals surface area contributed by atoms with Crippen molar-refractivity contribution in [2.75, 3.05) is 18.7 Å². The number of carbonyl (C=O) groups is 1. The largest absolute Gasteiger partial charge is 0.496 e. The SMILES string of the molecule is COc1ccc(F)cc1C(=O)Nc1cccc(SC)c1. The lowest BCUT2D eigenvalue weighted by Crippen LogP contribution is -2.13. The second kappa shape index (κ2) is 6.43. The summed E-state index contributed by atoms with van der Waals surface area (Å²) in [5.74, 6) is -0.543. The van der Waals surface area contributed by atoms with Gasteiger partial charge in [0.1, 0.15) is 11.6 Å². The van der Waals surface area contributed by atoms with Crippen molar-refractivity contribution in [2.24, 2.45) is 0 Å². The van der Waals surface area contributed by atoms with Crippen LogP contribution in [0.25, 0.3) is 0 Å². The topological polar surface area (TPSA) is 38.3 Å². The van der Waals surface area contributed by atoms with E-state index in [4.69, 9.17) is 4.74 Å². The Hall–Kier alpha value is -2.01. The van der Waals surface area contributed by atoms with Crippen molar-refractivity contribution in [2.45, 2.75) is 4.90 Å².